The number of amides is 15. The molecular weight excluding hydrogens is 1910 g/mol. The first kappa shape index (κ1) is 111. The molecule has 2 fully saturated rings. The van der Waals surface area contributed by atoms with Crippen molar-refractivity contribution in [3.05, 3.63) is 206 Å². The number of alkyl carbamates (subject to hydrolysis) is 1. The third-order valence-corrected chi connectivity index (χ3v) is 26.4. The molecule has 2 aromatic heterocycles. The van der Waals surface area contributed by atoms with Crippen molar-refractivity contribution >= 4 is 152 Å². The standard InChI is InChI=1S/C58H67FN10O13S.C40H50N8O12S/c1-7-46(72)66-28-67(47(73)8-2)30-68(29-66)48(74)18-20-83-27-45(71)65-51(31(4)5)44(70)21-34(11-10-19-61-56(60)78)53(75)62-35-14-12-33(13-15-35)25-82-57(79)64-41-17-16-36-32(6)40(59)23-42-49(36)50(41)37-24-69-43(52(37)63-42)22-39-38(54(69)76)26-81-55(77)58(39,80)9-3;1-5-34(51)45-23-46(35(52)6-2)25-47(24-45)36(53)17-19-61-22-33(50)44-37(26(3)4)32(49)20-28(8-7-18-42-39(41)55)38(54)43-29-11-9-27(10-12-29)21-59-40(56)60-31-15-13-30(14-16-31)48(57)58/h7-8,12-15,22-23,31,34,41,51,80H,1-2,9-11,16-21,24-30H2,3-6H3,(H,62,75)(H,64,79)(H,65,71)(H3,60,61,78);5-6,9-16,26,28,37H,1-2,7-8,17-25H2,3-4H3,(H,43,54)(H,44,50)(H3,41,42,55)/t34-,41+,51+,58+;28-,37+/m11/s1. The van der Waals surface area contributed by atoms with E-state index in [1.165, 1.54) is 64.3 Å². The van der Waals surface area contributed by atoms with E-state index < -0.39 is 135 Å². The van der Waals surface area contributed by atoms with Crippen molar-refractivity contribution in [2.24, 2.45) is 35.1 Å². The Labute approximate surface area is 836 Å². The molecule has 0 spiro atoms. The molecule has 4 aromatic carbocycles. The summed E-state index contributed by atoms with van der Waals surface area (Å²) in [4.78, 5) is 255. The van der Waals surface area contributed by atoms with Crippen molar-refractivity contribution in [2.75, 3.05) is 86.7 Å². The summed E-state index contributed by atoms with van der Waals surface area (Å²) >= 11 is 2.32. The van der Waals surface area contributed by atoms with Gasteiger partial charge < -0.3 is 107 Å². The number of rotatable bonds is 44. The number of carbonyl (C=O) groups is 17. The van der Waals surface area contributed by atoms with E-state index in [4.69, 9.17) is 35.4 Å². The van der Waals surface area contributed by atoms with Gasteiger partial charge in [-0.15, -0.1) is 0 Å². The molecule has 43 nitrogen and oxygen atoms in total. The van der Waals surface area contributed by atoms with Crippen molar-refractivity contribution in [1.29, 1.82) is 0 Å². The Morgan fingerprint density at radius 2 is 1.08 bits per heavy atom. The van der Waals surface area contributed by atoms with Crippen LogP contribution in [-0.2, 0) is 115 Å². The Balaban J connectivity index is 0.000000311. The van der Waals surface area contributed by atoms with E-state index in [0.717, 1.165) is 53.4 Å². The Morgan fingerprint density at radius 1 is 0.632 bits per heavy atom. The average Bonchev–Trinajstić information content (AvgIpc) is 1.54. The molecule has 4 aliphatic heterocycles. The Hall–Kier alpha value is -15.2. The summed E-state index contributed by atoms with van der Waals surface area (Å²) in [6.07, 6.45) is 3.77. The van der Waals surface area contributed by atoms with Gasteiger partial charge in [0.05, 0.1) is 104 Å². The maximum absolute atomic E-state index is 15.5. The van der Waals surface area contributed by atoms with Gasteiger partial charge in [-0.2, -0.15) is 23.5 Å². The van der Waals surface area contributed by atoms with Crippen LogP contribution < -0.4 is 59.0 Å². The van der Waals surface area contributed by atoms with Gasteiger partial charge in [-0.3, -0.25) is 72.4 Å². The van der Waals surface area contributed by atoms with E-state index in [1.54, 1.807) is 96.1 Å². The second-order valence-corrected chi connectivity index (χ2v) is 37.4. The zero-order chi connectivity index (χ0) is 105. The molecule has 0 unspecified atom stereocenters. The third kappa shape index (κ3) is 29.3. The number of nitrogens with two attached hydrogens (primary N) is 2. The van der Waals surface area contributed by atoms with Crippen LogP contribution in [0, 0.1) is 46.5 Å². The zero-order valence-electron chi connectivity index (χ0n) is 80.5. The number of nitro benzene ring substituents is 1. The van der Waals surface area contributed by atoms with Crippen LogP contribution in [0.25, 0.3) is 22.3 Å². The number of ether oxygens (including phenoxy) is 4. The molecular formula is C98H117FN18O25S2. The zero-order valence-corrected chi connectivity index (χ0v) is 82.1. The summed E-state index contributed by atoms with van der Waals surface area (Å²) in [6.45, 7) is 23.6. The van der Waals surface area contributed by atoms with Gasteiger partial charge in [-0.25, -0.2) is 33.3 Å². The lowest BCUT2D eigenvalue weighted by Crippen LogP contribution is -2.59. The second-order valence-electron chi connectivity index (χ2n) is 35.2. The molecule has 768 valence electrons. The van der Waals surface area contributed by atoms with Crippen LogP contribution in [0.1, 0.15) is 149 Å². The summed E-state index contributed by atoms with van der Waals surface area (Å²) in [5, 5.41) is 42.0. The molecule has 6 atom stereocenters. The van der Waals surface area contributed by atoms with E-state index >= 15 is 4.39 Å². The summed E-state index contributed by atoms with van der Waals surface area (Å²) in [7, 11) is 0. The molecule has 6 heterocycles. The first-order valence-electron chi connectivity index (χ1n) is 46.3. The van der Waals surface area contributed by atoms with Gasteiger partial charge in [0.2, 0.25) is 59.1 Å². The fraction of sp³-hybridized carbons (Fsp3) is 0.418. The number of carbonyl (C=O) groups excluding carboxylic acids is 17. The number of Topliss-reactive ketones (excluding diaryl/α,β-unsaturated/α-hetero) is 2. The average molecular weight is 2030 g/mol. The lowest BCUT2D eigenvalue weighted by molar-refractivity contribution is -0.384. The quantitative estimate of drug-likeness (QED) is 0.00332. The maximum Gasteiger partial charge on any atom is 0.514 e. The summed E-state index contributed by atoms with van der Waals surface area (Å²) in [5.41, 5.74) is 13.3. The van der Waals surface area contributed by atoms with Gasteiger partial charge in [0.15, 0.2) is 17.2 Å². The van der Waals surface area contributed by atoms with E-state index in [-0.39, 0.29) is 199 Å². The summed E-state index contributed by atoms with van der Waals surface area (Å²) < 4.78 is 38.0. The normalized spacial score (nSPS) is 15.7. The highest BCUT2D eigenvalue weighted by Gasteiger charge is 2.47. The van der Waals surface area contributed by atoms with Gasteiger partial charge in [0.1, 0.15) is 31.4 Å². The van der Waals surface area contributed by atoms with E-state index in [0.29, 0.717) is 87.2 Å². The number of pyridine rings is 2. The number of fused-ring (bicyclic) bond motifs is 5. The van der Waals surface area contributed by atoms with E-state index in [2.05, 4.69) is 63.5 Å². The number of benzene rings is 4. The number of ketones is 2. The monoisotopic (exact) mass is 2030 g/mol. The number of anilines is 2. The summed E-state index contributed by atoms with van der Waals surface area (Å²) in [5.74, 6) is -8.65. The molecule has 15 amide bonds. The van der Waals surface area contributed by atoms with Crippen molar-refractivity contribution in [2.45, 2.75) is 162 Å². The van der Waals surface area contributed by atoms with E-state index in [1.807, 2.05) is 0 Å². The number of aliphatic hydroxyl groups is 1. The highest BCUT2D eigenvalue weighted by atomic mass is 32.2. The molecule has 0 saturated carbocycles. The maximum atomic E-state index is 15.5. The fourth-order valence-corrected chi connectivity index (χ4v) is 18.3. The number of urea groups is 2. The Morgan fingerprint density at radius 3 is 1.51 bits per heavy atom. The number of esters is 1. The van der Waals surface area contributed by atoms with Crippen molar-refractivity contribution in [3.63, 3.8) is 0 Å². The fourth-order valence-electron chi connectivity index (χ4n) is 16.8. The molecule has 144 heavy (non-hydrogen) atoms. The Bertz CT molecular complexity index is 5970. The number of halogens is 1. The number of non-ortho nitro benzene ring substituents is 1. The molecule has 1 aliphatic carbocycles. The number of nitrogens with one attached hydrogen (secondary N) is 7. The number of hydrogen-bond acceptors (Lipinski definition) is 28. The number of nitro groups is 1. The molecule has 12 N–H and O–H groups in total. The number of aromatic nitrogens is 2. The molecule has 2 saturated heterocycles. The smallest absolute Gasteiger partial charge is 0.458 e. The van der Waals surface area contributed by atoms with Crippen LogP contribution in [-0.4, -0.2) is 238 Å². The number of cyclic esters (lactones) is 1. The topological polar surface area (TPSA) is 581 Å². The highest BCUT2D eigenvalue weighted by Crippen LogP contribution is 2.47. The van der Waals surface area contributed by atoms with Gasteiger partial charge in [0, 0.05) is 108 Å². The predicted octanol–water partition coefficient (Wildman–Crippen LogP) is 7.69. The Kier molecular flexibility index (Phi) is 39.6. The van der Waals surface area contributed by atoms with Crippen LogP contribution in [0.2, 0.25) is 0 Å². The predicted molar refractivity (Wildman–Crippen MR) is 526 cm³/mol. The number of aryl methyl sites for hydroxylation is 1. The molecule has 0 radical (unpaired) electrons. The number of hydrogen-bond donors (Lipinski definition) is 10. The summed E-state index contributed by atoms with van der Waals surface area (Å²) in [6, 6.07) is 16.5. The lowest BCUT2D eigenvalue weighted by Gasteiger charge is -2.41. The van der Waals surface area contributed by atoms with Crippen LogP contribution in [0.3, 0.4) is 0 Å². The second kappa shape index (κ2) is 51.5. The van der Waals surface area contributed by atoms with Crippen molar-refractivity contribution < 1.29 is 115 Å². The molecule has 6 aromatic rings. The van der Waals surface area contributed by atoms with Crippen LogP contribution in [0.15, 0.2) is 140 Å². The van der Waals surface area contributed by atoms with Crippen molar-refractivity contribution in [1.82, 2.24) is 65.5 Å². The lowest BCUT2D eigenvalue weighted by atomic mass is 9.81. The van der Waals surface area contributed by atoms with Crippen LogP contribution in [0.5, 0.6) is 5.75 Å². The third-order valence-electron chi connectivity index (χ3n) is 24.5. The molecule has 46 heteroatoms. The molecule has 0 bridgehead atoms. The SMILES string of the molecule is C=CC(=O)N1CN(C(=O)C=C)CN(C(=O)CCSCC(=O)N[C@H](C(=O)C[C@@H](CCCNC(N)=O)C(=O)Nc2ccc(COC(=O)N[C@H]3CCc4c(C)c(F)cc5nc6c(c3c45)Cn3c-6cc4c(c3=O)COC(=O)[C@]4(O)CC)cc2)C(C)C)C1.C=CC(=O)N1CN(C(=O)C=C)CN(C(=O)CCSCC(=O)N[C@H](C(=O)C[C@@H](CCCNC(N)=O)C(=O)Nc2ccc(COC(=O)Oc3ccc([N+](=O)[O-])cc3)cc2)C(C)C)C1. The number of primary amides is 2. The number of nitrogens with zero attached hydrogens (tertiary/aromatic N) is 9. The van der Waals surface area contributed by atoms with Crippen LogP contribution >= 0.6 is 23.5 Å². The van der Waals surface area contributed by atoms with Gasteiger partial charge in [0.25, 0.3) is 11.2 Å². The van der Waals surface area contributed by atoms with Crippen molar-refractivity contribution in [3.8, 4) is 17.1 Å². The minimum atomic E-state index is -2.05. The van der Waals surface area contributed by atoms with E-state index in [9.17, 15) is 102 Å². The van der Waals surface area contributed by atoms with Crippen LogP contribution in [0.4, 0.5) is 40.6 Å². The van der Waals surface area contributed by atoms with Gasteiger partial charge >= 0.3 is 30.3 Å². The minimum absolute atomic E-state index is 0.00564. The van der Waals surface area contributed by atoms with Gasteiger partial charge in [-0.1, -0.05) is 85.2 Å². The number of thioether (sulfide) groups is 2. The van der Waals surface area contributed by atoms with Gasteiger partial charge in [-0.05, 0) is 158 Å². The minimum Gasteiger partial charge on any atom is -0.458 e. The molecule has 5 aliphatic rings. The largest absolute Gasteiger partial charge is 0.514 e. The first-order valence-corrected chi connectivity index (χ1v) is 48.6. The first-order chi connectivity index (χ1) is 68.6. The molecule has 11 rings (SSSR count). The highest BCUT2D eigenvalue weighted by molar-refractivity contribution is 8.00.